The van der Waals surface area contributed by atoms with Crippen molar-refractivity contribution >= 4 is 11.6 Å². The minimum absolute atomic E-state index is 0.155. The largest absolute Gasteiger partial charge is 0.481 e. The lowest BCUT2D eigenvalue weighted by Gasteiger charge is -2.18. The summed E-state index contributed by atoms with van der Waals surface area (Å²) in [5.41, 5.74) is 8.36. The predicted molar refractivity (Wildman–Crippen MR) is 60.8 cm³/mol. The molecule has 0 aliphatic rings. The van der Waals surface area contributed by atoms with E-state index in [0.717, 1.165) is 0 Å². The molecule has 0 amide bonds. The smallest absolute Gasteiger partial charge is 0.219 e. The molecule has 1 aromatic rings. The molecule has 0 spiro atoms. The molecule has 17 heavy (non-hydrogen) atoms. The first-order valence-corrected chi connectivity index (χ1v) is 5.04. The molecule has 7 nitrogen and oxygen atoms in total. The van der Waals surface area contributed by atoms with E-state index in [9.17, 15) is 10.2 Å². The molecule has 0 saturated heterocycles. The molecular formula is C9H11ClN4O3. The molecule has 0 aliphatic heterocycles. The molecule has 1 heterocycles. The molecule has 8 heteroatoms. The van der Waals surface area contributed by atoms with Crippen LogP contribution in [0, 0.1) is 0 Å². The van der Waals surface area contributed by atoms with Gasteiger partial charge in [0.05, 0.1) is 24.8 Å². The fraction of sp³-hybridized carbons (Fsp3) is 0.444. The van der Waals surface area contributed by atoms with Gasteiger partial charge in [-0.25, -0.2) is 4.98 Å². The molecule has 0 radical (unpaired) electrons. The number of azide groups is 1. The van der Waals surface area contributed by atoms with Crippen LogP contribution in [-0.2, 0) is 0 Å². The average molecular weight is 259 g/mol. The quantitative estimate of drug-likeness (QED) is 0.473. The highest BCUT2D eigenvalue weighted by molar-refractivity contribution is 6.30. The molecule has 2 unspecified atom stereocenters. The van der Waals surface area contributed by atoms with E-state index in [2.05, 4.69) is 15.0 Å². The summed E-state index contributed by atoms with van der Waals surface area (Å²) in [6.07, 6.45) is -1.18. The molecule has 0 aromatic carbocycles. The number of aliphatic hydroxyl groups is 2. The van der Waals surface area contributed by atoms with Gasteiger partial charge in [0.1, 0.15) is 6.10 Å². The van der Waals surface area contributed by atoms with Crippen LogP contribution in [-0.4, -0.2) is 35.0 Å². The van der Waals surface area contributed by atoms with E-state index >= 15 is 0 Å². The monoisotopic (exact) mass is 258 g/mol. The van der Waals surface area contributed by atoms with E-state index in [1.54, 1.807) is 0 Å². The van der Waals surface area contributed by atoms with Crippen molar-refractivity contribution in [1.29, 1.82) is 0 Å². The fourth-order valence-corrected chi connectivity index (χ4v) is 1.42. The number of nitrogens with zero attached hydrogens (tertiary/aromatic N) is 4. The van der Waals surface area contributed by atoms with Crippen LogP contribution in [0.15, 0.2) is 17.4 Å². The van der Waals surface area contributed by atoms with E-state index in [-0.39, 0.29) is 18.0 Å². The van der Waals surface area contributed by atoms with Crippen LogP contribution in [0.25, 0.3) is 10.4 Å². The first-order chi connectivity index (χ1) is 8.10. The predicted octanol–water partition coefficient (Wildman–Crippen LogP) is 1.45. The van der Waals surface area contributed by atoms with Crippen LogP contribution in [0.3, 0.4) is 0 Å². The van der Waals surface area contributed by atoms with Gasteiger partial charge in [-0.2, -0.15) is 0 Å². The molecule has 0 bridgehead atoms. The van der Waals surface area contributed by atoms with Gasteiger partial charge in [0, 0.05) is 16.7 Å². The van der Waals surface area contributed by atoms with Crippen molar-refractivity contribution in [2.75, 3.05) is 13.7 Å². The van der Waals surface area contributed by atoms with Gasteiger partial charge in [-0.15, -0.1) is 0 Å². The number of pyridine rings is 1. The molecule has 0 fully saturated rings. The van der Waals surface area contributed by atoms with Crippen molar-refractivity contribution in [3.05, 3.63) is 33.3 Å². The highest BCUT2D eigenvalue weighted by Crippen LogP contribution is 2.27. The summed E-state index contributed by atoms with van der Waals surface area (Å²) in [7, 11) is 1.38. The third-order valence-corrected chi connectivity index (χ3v) is 2.26. The zero-order valence-electron chi connectivity index (χ0n) is 8.99. The van der Waals surface area contributed by atoms with Gasteiger partial charge >= 0.3 is 0 Å². The van der Waals surface area contributed by atoms with Gasteiger partial charge in [-0.1, -0.05) is 16.7 Å². The fourth-order valence-electron chi connectivity index (χ4n) is 1.25. The van der Waals surface area contributed by atoms with Gasteiger partial charge in [0.25, 0.3) is 0 Å². The Labute approximate surface area is 102 Å². The van der Waals surface area contributed by atoms with E-state index in [0.29, 0.717) is 5.02 Å². The maximum Gasteiger partial charge on any atom is 0.219 e. The van der Waals surface area contributed by atoms with Crippen LogP contribution in [0.1, 0.15) is 11.7 Å². The molecular weight excluding hydrogens is 248 g/mol. The lowest BCUT2D eigenvalue weighted by Crippen LogP contribution is -2.22. The second-order valence-corrected chi connectivity index (χ2v) is 3.61. The van der Waals surface area contributed by atoms with Crippen LogP contribution in [0.5, 0.6) is 5.88 Å². The Hall–Kier alpha value is -1.53. The minimum atomic E-state index is -1.29. The van der Waals surface area contributed by atoms with Gasteiger partial charge in [-0.3, -0.25) is 0 Å². The second-order valence-electron chi connectivity index (χ2n) is 3.18. The Morgan fingerprint density at radius 2 is 2.35 bits per heavy atom. The van der Waals surface area contributed by atoms with E-state index in [1.165, 1.54) is 19.4 Å². The molecule has 1 rings (SSSR count). The SMILES string of the molecule is COc1ncc(Cl)cc1C(O)C(O)CN=[N+]=[N-]. The summed E-state index contributed by atoms with van der Waals surface area (Å²) in [4.78, 5) is 6.34. The molecule has 92 valence electrons. The summed E-state index contributed by atoms with van der Waals surface area (Å²) >= 11 is 5.73. The molecule has 0 saturated carbocycles. The topological polar surface area (TPSA) is 111 Å². The number of halogens is 1. The number of aliphatic hydroxyl groups excluding tert-OH is 2. The van der Waals surface area contributed by atoms with E-state index < -0.39 is 12.2 Å². The highest BCUT2D eigenvalue weighted by Gasteiger charge is 2.22. The van der Waals surface area contributed by atoms with E-state index in [1.807, 2.05) is 0 Å². The van der Waals surface area contributed by atoms with Crippen LogP contribution in [0.4, 0.5) is 0 Å². The Kier molecular flexibility index (Phi) is 4.99. The van der Waals surface area contributed by atoms with Crippen molar-refractivity contribution in [1.82, 2.24) is 4.98 Å². The van der Waals surface area contributed by atoms with Crippen molar-refractivity contribution < 1.29 is 14.9 Å². The Balaban J connectivity index is 2.97. The first-order valence-electron chi connectivity index (χ1n) is 4.66. The van der Waals surface area contributed by atoms with Gasteiger partial charge < -0.3 is 14.9 Å². The zero-order valence-corrected chi connectivity index (χ0v) is 9.74. The highest BCUT2D eigenvalue weighted by atomic mass is 35.5. The van der Waals surface area contributed by atoms with E-state index in [4.69, 9.17) is 21.9 Å². The standard InChI is InChI=1S/C9H11ClN4O3/c1-17-9-6(2-5(10)3-12-9)8(16)7(15)4-13-14-11/h2-3,7-8,15-16H,4H2,1H3. The average Bonchev–Trinajstić information content (AvgIpc) is 2.34. The summed E-state index contributed by atoms with van der Waals surface area (Å²) in [5.74, 6) is 0.155. The van der Waals surface area contributed by atoms with Crippen molar-refractivity contribution in [2.24, 2.45) is 5.11 Å². The molecule has 2 atom stereocenters. The maximum absolute atomic E-state index is 9.84. The molecule has 2 N–H and O–H groups in total. The van der Waals surface area contributed by atoms with Gasteiger partial charge in [0.15, 0.2) is 0 Å². The number of methoxy groups -OCH3 is 1. The second kappa shape index (κ2) is 6.27. The lowest BCUT2D eigenvalue weighted by molar-refractivity contribution is 0.0226. The third kappa shape index (κ3) is 3.47. The lowest BCUT2D eigenvalue weighted by atomic mass is 10.1. The van der Waals surface area contributed by atoms with Crippen molar-refractivity contribution in [2.45, 2.75) is 12.2 Å². The van der Waals surface area contributed by atoms with Crippen molar-refractivity contribution in [3.63, 3.8) is 0 Å². The Bertz CT molecular complexity index is 436. The number of rotatable bonds is 5. The van der Waals surface area contributed by atoms with Crippen LogP contribution < -0.4 is 4.74 Å². The van der Waals surface area contributed by atoms with Gasteiger partial charge in [0.2, 0.25) is 5.88 Å². The summed E-state index contributed by atoms with van der Waals surface area (Å²) in [6.45, 7) is -0.257. The van der Waals surface area contributed by atoms with Gasteiger partial charge in [-0.05, 0) is 11.6 Å². The third-order valence-electron chi connectivity index (χ3n) is 2.05. The Morgan fingerprint density at radius 3 is 2.94 bits per heavy atom. The first kappa shape index (κ1) is 13.5. The summed E-state index contributed by atoms with van der Waals surface area (Å²) < 4.78 is 4.93. The number of aromatic nitrogens is 1. The van der Waals surface area contributed by atoms with Crippen LogP contribution >= 0.6 is 11.6 Å². The van der Waals surface area contributed by atoms with Crippen molar-refractivity contribution in [3.8, 4) is 5.88 Å². The normalized spacial score (nSPS) is 13.6. The minimum Gasteiger partial charge on any atom is -0.481 e. The van der Waals surface area contributed by atoms with Crippen LogP contribution in [0.2, 0.25) is 5.02 Å². The number of hydrogen-bond acceptors (Lipinski definition) is 5. The summed E-state index contributed by atoms with van der Waals surface area (Å²) in [5, 5.41) is 22.9. The maximum atomic E-state index is 9.84. The summed E-state index contributed by atoms with van der Waals surface area (Å²) in [6, 6.07) is 1.43. The Morgan fingerprint density at radius 1 is 1.65 bits per heavy atom. The zero-order chi connectivity index (χ0) is 12.8. The molecule has 0 aliphatic carbocycles. The number of ether oxygens (including phenoxy) is 1. The number of hydrogen-bond donors (Lipinski definition) is 2. The molecule has 1 aromatic heterocycles.